The highest BCUT2D eigenvalue weighted by molar-refractivity contribution is 5.73. The smallest absolute Gasteiger partial charge is 0.410 e. The highest BCUT2D eigenvalue weighted by Crippen LogP contribution is 2.33. The van der Waals surface area contributed by atoms with E-state index in [9.17, 15) is 14.7 Å². The number of likely N-dealkylation sites (N-methyl/N-ethyl adjacent to an activating group) is 1. The second kappa shape index (κ2) is 7.18. The van der Waals surface area contributed by atoms with Gasteiger partial charge in [-0.05, 0) is 34.2 Å². The average molecular weight is 325 g/mol. The lowest BCUT2D eigenvalue weighted by molar-refractivity contribution is -0.146. The molecule has 1 heterocycles. The van der Waals surface area contributed by atoms with Crippen molar-refractivity contribution < 1.29 is 19.4 Å². The molecule has 0 aromatic carbocycles. The maximum atomic E-state index is 12.1. The van der Waals surface area contributed by atoms with Gasteiger partial charge in [-0.15, -0.1) is 0 Å². The molecule has 23 heavy (non-hydrogen) atoms. The van der Waals surface area contributed by atoms with Gasteiger partial charge in [0.05, 0.1) is 23.9 Å². The monoisotopic (exact) mass is 325 g/mol. The van der Waals surface area contributed by atoms with Crippen molar-refractivity contribution >= 4 is 12.1 Å². The van der Waals surface area contributed by atoms with Gasteiger partial charge in [0, 0.05) is 19.6 Å². The molecule has 1 aliphatic rings. The van der Waals surface area contributed by atoms with Crippen molar-refractivity contribution in [3.63, 3.8) is 0 Å². The number of carboxylic acid groups (broad SMARTS) is 1. The quantitative estimate of drug-likeness (QED) is 0.802. The van der Waals surface area contributed by atoms with Crippen LogP contribution in [0.15, 0.2) is 0 Å². The molecule has 7 nitrogen and oxygen atoms in total. The first-order chi connectivity index (χ1) is 10.5. The van der Waals surface area contributed by atoms with Gasteiger partial charge in [0.1, 0.15) is 5.60 Å². The minimum Gasteiger partial charge on any atom is -0.481 e. The van der Waals surface area contributed by atoms with Gasteiger partial charge in [-0.3, -0.25) is 9.69 Å². The van der Waals surface area contributed by atoms with Crippen molar-refractivity contribution in [1.29, 1.82) is 5.26 Å². The number of carbonyl (C=O) groups excluding carboxylic acids is 1. The van der Waals surface area contributed by atoms with Crippen molar-refractivity contribution in [3.8, 4) is 6.07 Å². The fourth-order valence-corrected chi connectivity index (χ4v) is 2.85. The molecule has 1 aliphatic heterocycles. The SMILES string of the molecule is CCN(CC(C)C#N)C1(CC(=O)O)CN(C(=O)OC(C)(C)C)C1. The Morgan fingerprint density at radius 3 is 2.39 bits per heavy atom. The molecule has 0 saturated carbocycles. The van der Waals surface area contributed by atoms with Crippen molar-refractivity contribution in [1.82, 2.24) is 9.80 Å². The summed E-state index contributed by atoms with van der Waals surface area (Å²) in [4.78, 5) is 26.9. The van der Waals surface area contributed by atoms with E-state index in [0.29, 0.717) is 26.2 Å². The zero-order valence-electron chi connectivity index (χ0n) is 14.6. The first kappa shape index (κ1) is 19.2. The van der Waals surface area contributed by atoms with Crippen LogP contribution in [0.3, 0.4) is 0 Å². The molecule has 1 rings (SSSR count). The third-order valence-corrected chi connectivity index (χ3v) is 3.87. The van der Waals surface area contributed by atoms with E-state index in [1.165, 1.54) is 4.90 Å². The summed E-state index contributed by atoms with van der Waals surface area (Å²) < 4.78 is 5.32. The van der Waals surface area contributed by atoms with Gasteiger partial charge < -0.3 is 14.7 Å². The molecule has 0 aromatic rings. The number of carboxylic acids is 1. The van der Waals surface area contributed by atoms with E-state index in [-0.39, 0.29) is 12.3 Å². The number of hydrogen-bond donors (Lipinski definition) is 1. The topological polar surface area (TPSA) is 93.9 Å². The van der Waals surface area contributed by atoms with Gasteiger partial charge in [0.2, 0.25) is 0 Å². The largest absolute Gasteiger partial charge is 0.481 e. The molecule has 130 valence electrons. The Kier molecular flexibility index (Phi) is 6.00. The molecule has 0 aliphatic carbocycles. The molecule has 0 aromatic heterocycles. The second-order valence-corrected chi connectivity index (χ2v) is 7.20. The lowest BCUT2D eigenvalue weighted by atomic mass is 9.83. The summed E-state index contributed by atoms with van der Waals surface area (Å²) in [5.41, 5.74) is -1.20. The first-order valence-corrected chi connectivity index (χ1v) is 7.87. The molecule has 0 radical (unpaired) electrons. The van der Waals surface area contributed by atoms with Crippen LogP contribution in [-0.4, -0.2) is 64.3 Å². The number of carbonyl (C=O) groups is 2. The van der Waals surface area contributed by atoms with E-state index in [0.717, 1.165) is 0 Å². The van der Waals surface area contributed by atoms with Gasteiger partial charge in [-0.25, -0.2) is 4.79 Å². The number of nitriles is 1. The van der Waals surface area contributed by atoms with Gasteiger partial charge in [-0.1, -0.05) is 6.92 Å². The molecule has 0 spiro atoms. The lowest BCUT2D eigenvalue weighted by Crippen LogP contribution is -2.72. The summed E-state index contributed by atoms with van der Waals surface area (Å²) in [6, 6.07) is 2.17. The minimum absolute atomic E-state index is 0.0573. The standard InChI is InChI=1S/C16H27N3O4/c1-6-19(9-12(2)8-17)16(7-13(20)21)10-18(11-16)14(22)23-15(3,4)5/h12H,6-7,9-11H2,1-5H3,(H,20,21). The third kappa shape index (κ3) is 5.10. The van der Waals surface area contributed by atoms with Crippen LogP contribution in [0.5, 0.6) is 0 Å². The maximum absolute atomic E-state index is 12.1. The number of rotatable bonds is 6. The fourth-order valence-electron chi connectivity index (χ4n) is 2.85. The Bertz CT molecular complexity index is 487. The van der Waals surface area contributed by atoms with E-state index in [1.54, 1.807) is 27.7 Å². The second-order valence-electron chi connectivity index (χ2n) is 7.20. The molecular formula is C16H27N3O4. The Morgan fingerprint density at radius 2 is 2.00 bits per heavy atom. The molecule has 1 fully saturated rings. The predicted molar refractivity (Wildman–Crippen MR) is 84.8 cm³/mol. The van der Waals surface area contributed by atoms with E-state index in [4.69, 9.17) is 10.00 Å². The van der Waals surface area contributed by atoms with E-state index < -0.39 is 23.2 Å². The van der Waals surface area contributed by atoms with Gasteiger partial charge in [-0.2, -0.15) is 5.26 Å². The van der Waals surface area contributed by atoms with Crippen LogP contribution in [-0.2, 0) is 9.53 Å². The molecule has 1 atom stereocenters. The normalized spacial score (nSPS) is 18.0. The summed E-state index contributed by atoms with van der Waals surface area (Å²) in [6.45, 7) is 10.8. The number of nitrogens with zero attached hydrogens (tertiary/aromatic N) is 3. The van der Waals surface area contributed by atoms with E-state index in [2.05, 4.69) is 6.07 Å². The summed E-state index contributed by atoms with van der Waals surface area (Å²) in [5.74, 6) is -1.10. The number of ether oxygens (including phenoxy) is 1. The maximum Gasteiger partial charge on any atom is 0.410 e. The number of likely N-dealkylation sites (tertiary alicyclic amines) is 1. The van der Waals surface area contributed by atoms with Crippen LogP contribution >= 0.6 is 0 Å². The molecule has 0 bridgehead atoms. The number of hydrogen-bond acceptors (Lipinski definition) is 5. The van der Waals surface area contributed by atoms with Crippen LogP contribution in [0, 0.1) is 17.2 Å². The number of amides is 1. The highest BCUT2D eigenvalue weighted by Gasteiger charge is 2.51. The van der Waals surface area contributed by atoms with Gasteiger partial charge >= 0.3 is 12.1 Å². The van der Waals surface area contributed by atoms with Crippen LogP contribution in [0.1, 0.15) is 41.0 Å². The summed E-state index contributed by atoms with van der Waals surface area (Å²) >= 11 is 0. The molecule has 1 unspecified atom stereocenters. The number of aliphatic carboxylic acids is 1. The summed E-state index contributed by atoms with van der Waals surface area (Å²) in [6.07, 6.45) is -0.485. The van der Waals surface area contributed by atoms with Crippen molar-refractivity contribution in [2.24, 2.45) is 5.92 Å². The molecule has 7 heteroatoms. The molecule has 1 amide bonds. The Balaban J connectivity index is 2.82. The van der Waals surface area contributed by atoms with E-state index >= 15 is 0 Å². The van der Waals surface area contributed by atoms with Crippen LogP contribution in [0.2, 0.25) is 0 Å². The molecule has 1 N–H and O–H groups in total. The van der Waals surface area contributed by atoms with Crippen LogP contribution < -0.4 is 0 Å². The summed E-state index contributed by atoms with van der Waals surface area (Å²) in [5, 5.41) is 18.2. The zero-order chi connectivity index (χ0) is 17.8. The van der Waals surface area contributed by atoms with Gasteiger partial charge in [0.25, 0.3) is 0 Å². The predicted octanol–water partition coefficient (Wildman–Crippen LogP) is 1.93. The fraction of sp³-hybridized carbons (Fsp3) is 0.812. The van der Waals surface area contributed by atoms with Crippen LogP contribution in [0.4, 0.5) is 4.79 Å². The molecule has 1 saturated heterocycles. The zero-order valence-corrected chi connectivity index (χ0v) is 14.6. The summed E-state index contributed by atoms with van der Waals surface area (Å²) in [7, 11) is 0. The third-order valence-electron chi connectivity index (χ3n) is 3.87. The Labute approximate surface area is 137 Å². The van der Waals surface area contributed by atoms with Crippen LogP contribution in [0.25, 0.3) is 0 Å². The lowest BCUT2D eigenvalue weighted by Gasteiger charge is -2.55. The molecular weight excluding hydrogens is 298 g/mol. The van der Waals surface area contributed by atoms with Crippen molar-refractivity contribution in [2.75, 3.05) is 26.2 Å². The average Bonchev–Trinajstić information content (AvgIpc) is 2.37. The van der Waals surface area contributed by atoms with Gasteiger partial charge in [0.15, 0.2) is 0 Å². The Morgan fingerprint density at radius 1 is 1.43 bits per heavy atom. The Hall–Kier alpha value is -1.81. The van der Waals surface area contributed by atoms with E-state index in [1.807, 2.05) is 11.8 Å². The highest BCUT2D eigenvalue weighted by atomic mass is 16.6. The minimum atomic E-state index is -0.906. The first-order valence-electron chi connectivity index (χ1n) is 7.87. The van der Waals surface area contributed by atoms with Crippen molar-refractivity contribution in [2.45, 2.75) is 52.2 Å². The van der Waals surface area contributed by atoms with Crippen molar-refractivity contribution in [3.05, 3.63) is 0 Å².